The lowest BCUT2D eigenvalue weighted by molar-refractivity contribution is -0.107. The number of ether oxygens (including phenoxy) is 1. The van der Waals surface area contributed by atoms with Gasteiger partial charge in [0.15, 0.2) is 5.96 Å². The van der Waals surface area contributed by atoms with E-state index < -0.39 is 0 Å². The van der Waals surface area contributed by atoms with E-state index in [-0.39, 0.29) is 5.41 Å². The third-order valence-electron chi connectivity index (χ3n) is 4.69. The lowest BCUT2D eigenvalue weighted by atomic mass is 9.65. The van der Waals surface area contributed by atoms with Crippen LogP contribution in [0.3, 0.4) is 0 Å². The third kappa shape index (κ3) is 3.22. The lowest BCUT2D eigenvalue weighted by Crippen LogP contribution is -2.55. The van der Waals surface area contributed by atoms with E-state index in [2.05, 4.69) is 32.7 Å². The van der Waals surface area contributed by atoms with Crippen molar-refractivity contribution < 1.29 is 4.74 Å². The van der Waals surface area contributed by atoms with Crippen LogP contribution in [0.25, 0.3) is 0 Å². The summed E-state index contributed by atoms with van der Waals surface area (Å²) in [6.45, 7) is 7.55. The molecule has 19 heavy (non-hydrogen) atoms. The molecular weight excluding hydrogens is 238 g/mol. The fourth-order valence-corrected chi connectivity index (χ4v) is 2.64. The van der Waals surface area contributed by atoms with Crippen LogP contribution in [0.1, 0.15) is 52.9 Å². The van der Waals surface area contributed by atoms with Crippen LogP contribution in [0.15, 0.2) is 4.99 Å². The number of hydrogen-bond donors (Lipinski definition) is 1. The Balaban J connectivity index is 1.84. The number of nitrogens with zero attached hydrogens (tertiary/aromatic N) is 2. The highest BCUT2D eigenvalue weighted by Gasteiger charge is 2.49. The van der Waals surface area contributed by atoms with Crippen LogP contribution in [0.4, 0.5) is 0 Å². The minimum absolute atomic E-state index is 0.114. The maximum Gasteiger partial charge on any atom is 0.191 e. The molecule has 0 aromatic carbocycles. The van der Waals surface area contributed by atoms with E-state index in [1.165, 1.54) is 19.3 Å². The molecule has 0 saturated heterocycles. The molecule has 0 spiro atoms. The summed E-state index contributed by atoms with van der Waals surface area (Å²) >= 11 is 0. The van der Waals surface area contributed by atoms with Gasteiger partial charge in [0.2, 0.25) is 0 Å². The molecular formula is C15H29N3O. The summed E-state index contributed by atoms with van der Waals surface area (Å²) in [7, 11) is 2.05. The molecule has 0 aromatic rings. The van der Waals surface area contributed by atoms with Crippen molar-refractivity contribution in [1.29, 1.82) is 0 Å². The molecule has 2 unspecified atom stereocenters. The van der Waals surface area contributed by atoms with Crippen LogP contribution >= 0.6 is 0 Å². The van der Waals surface area contributed by atoms with Gasteiger partial charge >= 0.3 is 0 Å². The first kappa shape index (κ1) is 14.6. The van der Waals surface area contributed by atoms with Gasteiger partial charge in [-0.15, -0.1) is 0 Å². The number of unbranched alkanes of at least 4 members (excludes halogenated alkanes) is 1. The SMILES string of the molecule is CCCCOC1CC(N=C(N)N(C)C2CC2)C1(C)C. The molecule has 2 aliphatic carbocycles. The van der Waals surface area contributed by atoms with E-state index in [0.717, 1.165) is 19.4 Å². The van der Waals surface area contributed by atoms with Crippen LogP contribution < -0.4 is 5.73 Å². The summed E-state index contributed by atoms with van der Waals surface area (Å²) in [6.07, 6.45) is 6.19. The zero-order chi connectivity index (χ0) is 14.0. The second-order valence-electron chi connectivity index (χ2n) is 6.62. The van der Waals surface area contributed by atoms with Crippen molar-refractivity contribution in [1.82, 2.24) is 4.90 Å². The fraction of sp³-hybridized carbons (Fsp3) is 0.933. The highest BCUT2D eigenvalue weighted by molar-refractivity contribution is 5.78. The lowest BCUT2D eigenvalue weighted by Gasteiger charge is -2.49. The molecule has 0 aliphatic heterocycles. The van der Waals surface area contributed by atoms with Gasteiger partial charge in [0, 0.05) is 25.1 Å². The molecule has 0 radical (unpaired) electrons. The van der Waals surface area contributed by atoms with Gasteiger partial charge in [-0.3, -0.25) is 0 Å². The molecule has 2 rings (SSSR count). The molecule has 4 heteroatoms. The number of hydrogen-bond acceptors (Lipinski definition) is 2. The van der Waals surface area contributed by atoms with E-state index in [1.54, 1.807) is 0 Å². The maximum absolute atomic E-state index is 6.09. The Morgan fingerprint density at radius 3 is 2.63 bits per heavy atom. The predicted octanol–water partition coefficient (Wildman–Crippen LogP) is 2.38. The summed E-state index contributed by atoms with van der Waals surface area (Å²) in [5.74, 6) is 0.701. The molecule has 2 atom stereocenters. The third-order valence-corrected chi connectivity index (χ3v) is 4.69. The molecule has 110 valence electrons. The number of rotatable bonds is 6. The van der Waals surface area contributed by atoms with Gasteiger partial charge in [-0.2, -0.15) is 0 Å². The standard InChI is InChI=1S/C15H29N3O/c1-5-6-9-19-13-10-12(15(13,2)3)17-14(16)18(4)11-7-8-11/h11-13H,5-10H2,1-4H3,(H2,16,17). The van der Waals surface area contributed by atoms with Gasteiger partial charge in [0.25, 0.3) is 0 Å². The van der Waals surface area contributed by atoms with Crippen molar-refractivity contribution in [3.63, 3.8) is 0 Å². The molecule has 0 amide bonds. The molecule has 4 nitrogen and oxygen atoms in total. The van der Waals surface area contributed by atoms with E-state index >= 15 is 0 Å². The minimum Gasteiger partial charge on any atom is -0.377 e. The van der Waals surface area contributed by atoms with Crippen molar-refractivity contribution in [3.05, 3.63) is 0 Å². The number of aliphatic imine (C=N–C) groups is 1. The molecule has 0 heterocycles. The van der Waals surface area contributed by atoms with Crippen molar-refractivity contribution in [2.24, 2.45) is 16.1 Å². The van der Waals surface area contributed by atoms with Gasteiger partial charge in [-0.25, -0.2) is 4.99 Å². The van der Waals surface area contributed by atoms with E-state index in [4.69, 9.17) is 15.5 Å². The summed E-state index contributed by atoms with van der Waals surface area (Å²) in [4.78, 5) is 6.84. The van der Waals surface area contributed by atoms with Crippen LogP contribution in [0.2, 0.25) is 0 Å². The minimum atomic E-state index is 0.114. The van der Waals surface area contributed by atoms with Crippen LogP contribution in [-0.2, 0) is 4.74 Å². The quantitative estimate of drug-likeness (QED) is 0.457. The second-order valence-corrected chi connectivity index (χ2v) is 6.62. The van der Waals surface area contributed by atoms with Crippen molar-refractivity contribution >= 4 is 5.96 Å². The van der Waals surface area contributed by atoms with Crippen LogP contribution in [-0.4, -0.2) is 42.7 Å². The molecule has 0 bridgehead atoms. The smallest absolute Gasteiger partial charge is 0.191 e. The average molecular weight is 267 g/mol. The Kier molecular flexibility index (Phi) is 4.39. The zero-order valence-electron chi connectivity index (χ0n) is 12.9. The van der Waals surface area contributed by atoms with Crippen LogP contribution in [0.5, 0.6) is 0 Å². The highest BCUT2D eigenvalue weighted by atomic mass is 16.5. The molecule has 2 aliphatic rings. The first-order valence-corrected chi connectivity index (χ1v) is 7.64. The Morgan fingerprint density at radius 2 is 2.11 bits per heavy atom. The van der Waals surface area contributed by atoms with E-state index in [0.29, 0.717) is 24.1 Å². The summed E-state index contributed by atoms with van der Waals surface area (Å²) < 4.78 is 5.94. The summed E-state index contributed by atoms with van der Waals surface area (Å²) in [5.41, 5.74) is 6.21. The van der Waals surface area contributed by atoms with Crippen molar-refractivity contribution in [3.8, 4) is 0 Å². The Morgan fingerprint density at radius 1 is 1.42 bits per heavy atom. The highest BCUT2D eigenvalue weighted by Crippen LogP contribution is 2.45. The normalized spacial score (nSPS) is 30.0. The Hall–Kier alpha value is -0.770. The largest absolute Gasteiger partial charge is 0.377 e. The molecule has 2 saturated carbocycles. The molecule has 0 aromatic heterocycles. The van der Waals surface area contributed by atoms with E-state index in [1.807, 2.05) is 0 Å². The predicted molar refractivity (Wildman–Crippen MR) is 79.2 cm³/mol. The van der Waals surface area contributed by atoms with Gasteiger partial charge in [0.1, 0.15) is 0 Å². The number of nitrogens with two attached hydrogens (primary N) is 1. The van der Waals surface area contributed by atoms with Gasteiger partial charge in [-0.05, 0) is 25.7 Å². The molecule has 2 N–H and O–H groups in total. The first-order valence-electron chi connectivity index (χ1n) is 7.64. The van der Waals surface area contributed by atoms with Crippen molar-refractivity contribution in [2.75, 3.05) is 13.7 Å². The zero-order valence-corrected chi connectivity index (χ0v) is 12.9. The topological polar surface area (TPSA) is 50.9 Å². The fourth-order valence-electron chi connectivity index (χ4n) is 2.64. The molecule has 2 fully saturated rings. The first-order chi connectivity index (χ1) is 8.96. The number of guanidine groups is 1. The van der Waals surface area contributed by atoms with Gasteiger partial charge in [-0.1, -0.05) is 27.2 Å². The maximum atomic E-state index is 6.09. The Bertz CT molecular complexity index is 336. The average Bonchev–Trinajstić information content (AvgIpc) is 3.20. The monoisotopic (exact) mass is 267 g/mol. The van der Waals surface area contributed by atoms with Crippen molar-refractivity contribution in [2.45, 2.75) is 71.1 Å². The summed E-state index contributed by atoms with van der Waals surface area (Å²) in [6, 6.07) is 0.934. The Labute approximate surface area is 117 Å². The van der Waals surface area contributed by atoms with Gasteiger partial charge in [0.05, 0.1) is 12.1 Å². The van der Waals surface area contributed by atoms with Gasteiger partial charge < -0.3 is 15.4 Å². The van der Waals surface area contributed by atoms with Crippen LogP contribution in [0, 0.1) is 5.41 Å². The second kappa shape index (κ2) is 5.70. The summed E-state index contributed by atoms with van der Waals surface area (Å²) in [5, 5.41) is 0. The van der Waals surface area contributed by atoms with E-state index in [9.17, 15) is 0 Å².